The minimum Gasteiger partial charge on any atom is -0.330 e. The van der Waals surface area contributed by atoms with Crippen LogP contribution in [0.1, 0.15) is 12.8 Å². The molecule has 4 N–H and O–H groups in total. The number of nitrogens with two attached hydrogens (primary N) is 2. The molecule has 0 bridgehead atoms. The second-order valence-electron chi connectivity index (χ2n) is 1.28. The van der Waals surface area contributed by atoms with Gasteiger partial charge in [0.2, 0.25) is 0 Å². The van der Waals surface area contributed by atoms with Crippen LogP contribution in [-0.4, -0.2) is 13.1 Å². The van der Waals surface area contributed by atoms with E-state index in [-0.39, 0.29) is 24.8 Å². The van der Waals surface area contributed by atoms with Gasteiger partial charge in [0.1, 0.15) is 0 Å². The smallest absolute Gasteiger partial charge is 0.00768 e. The normalized spacial score (nSPS) is 6.75. The molecule has 0 rings (SSSR count). The lowest BCUT2D eigenvalue weighted by Gasteiger charge is -1.87. The summed E-state index contributed by atoms with van der Waals surface area (Å²) in [7, 11) is 0. The Bertz CT molecular complexity index is 24.0. The van der Waals surface area contributed by atoms with E-state index in [1.807, 2.05) is 0 Å². The van der Waals surface area contributed by atoms with Crippen LogP contribution < -0.4 is 11.5 Å². The van der Waals surface area contributed by atoms with Gasteiger partial charge in [0.15, 0.2) is 0 Å². The Hall–Kier alpha value is 0.500. The molecule has 0 fully saturated rings. The maximum Gasteiger partial charge on any atom is -0.00768 e. The van der Waals surface area contributed by atoms with E-state index in [2.05, 4.69) is 0 Å². The van der Waals surface area contributed by atoms with Gasteiger partial charge < -0.3 is 11.5 Å². The summed E-state index contributed by atoms with van der Waals surface area (Å²) in [6.45, 7) is 1.55. The van der Waals surface area contributed by atoms with Crippen molar-refractivity contribution >= 4 is 24.8 Å². The fraction of sp³-hybridized carbons (Fsp3) is 1.00. The first-order valence-electron chi connectivity index (χ1n) is 2.32. The van der Waals surface area contributed by atoms with Crippen molar-refractivity contribution in [3.8, 4) is 0 Å². The average molecular weight is 163 g/mol. The topological polar surface area (TPSA) is 52.0 Å². The van der Waals surface area contributed by atoms with Gasteiger partial charge in [-0.1, -0.05) is 0 Å². The van der Waals surface area contributed by atoms with Crippen LogP contribution in [0.15, 0.2) is 0 Å². The van der Waals surface area contributed by atoms with Crippen LogP contribution in [0, 0.1) is 0 Å². The summed E-state index contributed by atoms with van der Waals surface area (Å²) in [5.41, 5.74) is 10.3. The Morgan fingerprint density at radius 3 is 1.12 bits per heavy atom. The molecule has 0 aliphatic rings. The Balaban J connectivity index is -0.000000125. The van der Waals surface area contributed by atoms with Crippen LogP contribution in [0.5, 0.6) is 0 Å². The predicted octanol–water partition coefficient (Wildman–Crippen LogP) is 0.528. The van der Waals surface area contributed by atoms with Gasteiger partial charge in [-0.2, -0.15) is 0 Å². The summed E-state index contributed by atoms with van der Waals surface area (Å²) in [5.74, 6) is 0. The van der Waals surface area contributed by atoms with Crippen molar-refractivity contribution < 1.29 is 0 Å². The van der Waals surface area contributed by atoms with Crippen molar-refractivity contribution in [2.45, 2.75) is 12.8 Å². The molecule has 0 amide bonds. The molecule has 0 saturated carbocycles. The van der Waals surface area contributed by atoms with Gasteiger partial charge in [-0.3, -0.25) is 0 Å². The lowest BCUT2D eigenvalue weighted by molar-refractivity contribution is 0.755. The largest absolute Gasteiger partial charge is 0.330 e. The van der Waals surface area contributed by atoms with Gasteiger partial charge in [0, 0.05) is 0 Å². The quantitative estimate of drug-likeness (QED) is 0.471. The van der Waals surface area contributed by atoms with Crippen LogP contribution in [0.4, 0.5) is 0 Å². The van der Waals surface area contributed by atoms with Crippen LogP contribution in [0.3, 0.4) is 0 Å². The molecule has 4 heteroatoms. The molecule has 0 aliphatic heterocycles. The number of hydrogen-bond donors (Lipinski definition) is 2. The molecule has 0 aromatic rings. The fourth-order valence-corrected chi connectivity index (χ4v) is 0.289. The van der Waals surface area contributed by atoms with E-state index in [0.717, 1.165) is 25.9 Å². The van der Waals surface area contributed by atoms with Crippen LogP contribution >= 0.6 is 24.8 Å². The maximum absolute atomic E-state index is 5.16. The molecule has 8 heavy (non-hydrogen) atoms. The molecule has 2 nitrogen and oxygen atoms in total. The summed E-state index contributed by atoms with van der Waals surface area (Å²) in [4.78, 5) is 0. The molecule has 0 spiro atoms. The van der Waals surface area contributed by atoms with E-state index in [9.17, 15) is 0 Å². The first-order valence-corrected chi connectivity index (χ1v) is 2.32. The second kappa shape index (κ2) is 15.6. The molecule has 0 radical (unpaired) electrons. The molecule has 0 unspecified atom stereocenters. The number of rotatable bonds is 3. The molecule has 0 aliphatic carbocycles. The number of hydrogen-bond acceptors (Lipinski definition) is 2. The van der Waals surface area contributed by atoms with Crippen molar-refractivity contribution in [3.63, 3.8) is 0 Å². The Morgan fingerprint density at radius 1 is 0.750 bits per heavy atom. The van der Waals surface area contributed by atoms with Gasteiger partial charge in [-0.15, -0.1) is 24.8 Å². The fourth-order valence-electron chi connectivity index (χ4n) is 0.289. The van der Waals surface area contributed by atoms with E-state index in [1.165, 1.54) is 0 Å². The molecule has 0 atom stereocenters. The lowest BCUT2D eigenvalue weighted by atomic mass is 10.3. The summed E-state index contributed by atoms with van der Waals surface area (Å²) in [6, 6.07) is 0. The first-order chi connectivity index (χ1) is 2.91. The third kappa shape index (κ3) is 16.1. The van der Waals surface area contributed by atoms with Crippen molar-refractivity contribution in [2.24, 2.45) is 11.5 Å². The highest BCUT2D eigenvalue weighted by Gasteiger charge is 1.75. The third-order valence-electron chi connectivity index (χ3n) is 0.658. The molecule has 54 valence electrons. The zero-order valence-corrected chi connectivity index (χ0v) is 6.43. The van der Waals surface area contributed by atoms with E-state index in [0.29, 0.717) is 0 Å². The Morgan fingerprint density at radius 2 is 1.00 bits per heavy atom. The standard InChI is InChI=1S/C4H12N2.2ClH/c5-3-1-2-4-6;;/h1-6H2;2*1H/i5+1,6+1;;. The Kier molecular flexibility index (Phi) is 30.9. The minimum atomic E-state index is 0. The number of halogens is 2. The molecular formula is C4H14Cl2N2. The second-order valence-corrected chi connectivity index (χ2v) is 1.28. The molecule has 0 saturated heterocycles. The van der Waals surface area contributed by atoms with Crippen LogP contribution in [-0.2, 0) is 0 Å². The van der Waals surface area contributed by atoms with Crippen molar-refractivity contribution in [3.05, 3.63) is 0 Å². The number of unbranched alkanes of at least 4 members (excludes halogenated alkanes) is 1. The monoisotopic (exact) mass is 162 g/mol. The first kappa shape index (κ1) is 15.8. The van der Waals surface area contributed by atoms with Gasteiger partial charge in [0.05, 0.1) is 0 Å². The highest BCUT2D eigenvalue weighted by atomic mass is 35.5. The third-order valence-corrected chi connectivity index (χ3v) is 0.658. The summed E-state index contributed by atoms with van der Waals surface area (Å²) in [6.07, 6.45) is 2.13. The zero-order valence-electron chi connectivity index (χ0n) is 4.80. The average Bonchev–Trinajstić information content (AvgIpc) is 1.61. The van der Waals surface area contributed by atoms with Gasteiger partial charge in [0.25, 0.3) is 0 Å². The Labute approximate surface area is 62.8 Å². The van der Waals surface area contributed by atoms with Gasteiger partial charge in [-0.05, 0) is 25.9 Å². The molecular weight excluding hydrogens is 149 g/mol. The molecule has 0 aromatic heterocycles. The van der Waals surface area contributed by atoms with Gasteiger partial charge in [-0.25, -0.2) is 0 Å². The van der Waals surface area contributed by atoms with E-state index in [1.54, 1.807) is 0 Å². The van der Waals surface area contributed by atoms with E-state index >= 15 is 0 Å². The molecule has 0 heterocycles. The molecule has 0 aromatic carbocycles. The highest BCUT2D eigenvalue weighted by molar-refractivity contribution is 5.85. The van der Waals surface area contributed by atoms with E-state index < -0.39 is 0 Å². The predicted molar refractivity (Wildman–Crippen MR) is 41.8 cm³/mol. The van der Waals surface area contributed by atoms with Crippen molar-refractivity contribution in [1.29, 1.82) is 0 Å². The van der Waals surface area contributed by atoms with Gasteiger partial charge >= 0.3 is 0 Å². The van der Waals surface area contributed by atoms with Crippen LogP contribution in [0.2, 0.25) is 0 Å². The van der Waals surface area contributed by atoms with Crippen LogP contribution in [0.25, 0.3) is 0 Å². The summed E-state index contributed by atoms with van der Waals surface area (Å²) < 4.78 is 0. The maximum atomic E-state index is 5.16. The lowest BCUT2D eigenvalue weighted by Crippen LogP contribution is -2.03. The minimum absolute atomic E-state index is 0. The summed E-state index contributed by atoms with van der Waals surface area (Å²) >= 11 is 0. The summed E-state index contributed by atoms with van der Waals surface area (Å²) in [5, 5.41) is 0. The zero-order chi connectivity index (χ0) is 4.83. The van der Waals surface area contributed by atoms with E-state index in [4.69, 9.17) is 11.5 Å². The van der Waals surface area contributed by atoms with Crippen molar-refractivity contribution in [2.75, 3.05) is 13.1 Å². The highest BCUT2D eigenvalue weighted by Crippen LogP contribution is 1.77. The van der Waals surface area contributed by atoms with Crippen molar-refractivity contribution in [1.82, 2.24) is 0 Å². The SMILES string of the molecule is Cl.Cl.[15NH2]CCCC[15NH2].